The molecule has 3 aromatic carbocycles. The third-order valence-electron chi connectivity index (χ3n) is 4.79. The molecule has 3 amide bonds. The second kappa shape index (κ2) is 9.67. The number of nitrogens with two attached hydrogens (primary N) is 1. The van der Waals surface area contributed by atoms with E-state index >= 15 is 0 Å². The zero-order valence-electron chi connectivity index (χ0n) is 16.9. The number of nitrogens with one attached hydrogen (secondary N) is 2. The van der Waals surface area contributed by atoms with Crippen molar-refractivity contribution in [1.29, 1.82) is 0 Å². The van der Waals surface area contributed by atoms with Gasteiger partial charge in [-0.1, -0.05) is 36.4 Å². The Morgan fingerprint density at radius 3 is 2.35 bits per heavy atom. The van der Waals surface area contributed by atoms with Gasteiger partial charge in [0, 0.05) is 12.1 Å². The Morgan fingerprint density at radius 1 is 0.903 bits per heavy atom. The summed E-state index contributed by atoms with van der Waals surface area (Å²) in [6.07, 6.45) is 0.496. The van der Waals surface area contributed by atoms with E-state index in [-0.39, 0.29) is 17.0 Å². The summed E-state index contributed by atoms with van der Waals surface area (Å²) in [5.41, 5.74) is 7.71. The average Bonchev–Trinajstić information content (AvgIpc) is 2.75. The molecule has 0 aliphatic carbocycles. The summed E-state index contributed by atoms with van der Waals surface area (Å²) in [5.74, 6) is -2.16. The lowest BCUT2D eigenvalue weighted by atomic mass is 10.1. The SMILES string of the molecule is Cc1cccc(C(=O)NCCc2cccc(C(N)=O)c2)c1NC(=O)c1ccccc1F. The number of primary amides is 1. The predicted molar refractivity (Wildman–Crippen MR) is 117 cm³/mol. The van der Waals surface area contributed by atoms with Gasteiger partial charge in [0.2, 0.25) is 5.91 Å². The first-order valence-corrected chi connectivity index (χ1v) is 9.69. The lowest BCUT2D eigenvalue weighted by Crippen LogP contribution is -2.27. The normalized spacial score (nSPS) is 10.4. The highest BCUT2D eigenvalue weighted by molar-refractivity contribution is 6.09. The molecule has 6 nitrogen and oxygen atoms in total. The molecule has 158 valence electrons. The summed E-state index contributed by atoms with van der Waals surface area (Å²) in [6, 6.07) is 17.6. The van der Waals surface area contributed by atoms with Crippen LogP contribution in [-0.2, 0) is 6.42 Å². The van der Waals surface area contributed by atoms with Gasteiger partial charge in [-0.2, -0.15) is 0 Å². The Bertz CT molecular complexity index is 1140. The minimum atomic E-state index is -0.641. The number of hydrogen-bond donors (Lipinski definition) is 3. The summed E-state index contributed by atoms with van der Waals surface area (Å²) < 4.78 is 13.9. The second-order valence-electron chi connectivity index (χ2n) is 7.00. The van der Waals surface area contributed by atoms with Crippen LogP contribution in [0, 0.1) is 12.7 Å². The van der Waals surface area contributed by atoms with E-state index in [1.807, 2.05) is 6.07 Å². The summed E-state index contributed by atoms with van der Waals surface area (Å²) >= 11 is 0. The number of amides is 3. The van der Waals surface area contributed by atoms with Crippen molar-refractivity contribution in [2.24, 2.45) is 5.73 Å². The van der Waals surface area contributed by atoms with Crippen LogP contribution in [0.15, 0.2) is 66.7 Å². The number of benzene rings is 3. The summed E-state index contributed by atoms with van der Waals surface area (Å²) in [4.78, 5) is 36.6. The molecule has 31 heavy (non-hydrogen) atoms. The van der Waals surface area contributed by atoms with E-state index in [1.54, 1.807) is 49.4 Å². The van der Waals surface area contributed by atoms with E-state index in [1.165, 1.54) is 18.2 Å². The molecule has 0 fully saturated rings. The molecular formula is C24H22FN3O3. The molecule has 0 radical (unpaired) electrons. The third kappa shape index (κ3) is 5.33. The molecule has 0 atom stereocenters. The summed E-state index contributed by atoms with van der Waals surface area (Å²) in [5, 5.41) is 5.46. The van der Waals surface area contributed by atoms with Gasteiger partial charge in [-0.15, -0.1) is 0 Å². The molecule has 0 heterocycles. The van der Waals surface area contributed by atoms with Crippen molar-refractivity contribution in [3.8, 4) is 0 Å². The monoisotopic (exact) mass is 419 g/mol. The van der Waals surface area contributed by atoms with Crippen LogP contribution < -0.4 is 16.4 Å². The topological polar surface area (TPSA) is 101 Å². The Hall–Kier alpha value is -4.00. The lowest BCUT2D eigenvalue weighted by molar-refractivity contribution is 0.0953. The summed E-state index contributed by atoms with van der Waals surface area (Å²) in [6.45, 7) is 2.07. The number of anilines is 1. The molecule has 0 saturated carbocycles. The molecule has 4 N–H and O–H groups in total. The van der Waals surface area contributed by atoms with Crippen LogP contribution in [0.25, 0.3) is 0 Å². The zero-order chi connectivity index (χ0) is 22.4. The van der Waals surface area contributed by atoms with E-state index < -0.39 is 17.6 Å². The first kappa shape index (κ1) is 21.7. The molecule has 7 heteroatoms. The maximum absolute atomic E-state index is 13.9. The van der Waals surface area contributed by atoms with Gasteiger partial charge < -0.3 is 16.4 Å². The largest absolute Gasteiger partial charge is 0.366 e. The molecule has 0 aliphatic heterocycles. The third-order valence-corrected chi connectivity index (χ3v) is 4.79. The van der Waals surface area contributed by atoms with Crippen molar-refractivity contribution < 1.29 is 18.8 Å². The van der Waals surface area contributed by atoms with Gasteiger partial charge in [-0.3, -0.25) is 14.4 Å². The maximum atomic E-state index is 13.9. The fraction of sp³-hybridized carbons (Fsp3) is 0.125. The smallest absolute Gasteiger partial charge is 0.258 e. The van der Waals surface area contributed by atoms with Crippen molar-refractivity contribution in [3.05, 3.63) is 100 Å². The second-order valence-corrected chi connectivity index (χ2v) is 7.00. The molecule has 3 rings (SSSR count). The maximum Gasteiger partial charge on any atom is 0.258 e. The number of aryl methyl sites for hydroxylation is 1. The number of halogens is 1. The van der Waals surface area contributed by atoms with Gasteiger partial charge in [0.25, 0.3) is 11.8 Å². The number of carbonyl (C=O) groups is 3. The fourth-order valence-electron chi connectivity index (χ4n) is 3.14. The van der Waals surface area contributed by atoms with Gasteiger partial charge >= 0.3 is 0 Å². The lowest BCUT2D eigenvalue weighted by Gasteiger charge is -2.14. The molecule has 0 bridgehead atoms. The summed E-state index contributed by atoms with van der Waals surface area (Å²) in [7, 11) is 0. The molecule has 0 aliphatic rings. The van der Waals surface area contributed by atoms with Crippen LogP contribution in [0.5, 0.6) is 0 Å². The van der Waals surface area contributed by atoms with Crippen LogP contribution in [0.3, 0.4) is 0 Å². The number of hydrogen-bond acceptors (Lipinski definition) is 3. The molecule has 3 aromatic rings. The highest BCUT2D eigenvalue weighted by Gasteiger charge is 2.18. The Morgan fingerprint density at radius 2 is 1.61 bits per heavy atom. The highest BCUT2D eigenvalue weighted by atomic mass is 19.1. The average molecular weight is 419 g/mol. The molecule has 0 unspecified atom stereocenters. The number of carbonyl (C=O) groups excluding carboxylic acids is 3. The zero-order valence-corrected chi connectivity index (χ0v) is 16.9. The van der Waals surface area contributed by atoms with Crippen LogP contribution in [0.1, 0.15) is 42.2 Å². The highest BCUT2D eigenvalue weighted by Crippen LogP contribution is 2.22. The van der Waals surface area contributed by atoms with Crippen molar-refractivity contribution in [3.63, 3.8) is 0 Å². The van der Waals surface area contributed by atoms with E-state index in [9.17, 15) is 18.8 Å². The predicted octanol–water partition coefficient (Wildman–Crippen LogP) is 3.46. The first-order valence-electron chi connectivity index (χ1n) is 9.69. The Balaban J connectivity index is 1.71. The number of rotatable bonds is 7. The quantitative estimate of drug-likeness (QED) is 0.547. The molecule has 0 saturated heterocycles. The van der Waals surface area contributed by atoms with Crippen molar-refractivity contribution >= 4 is 23.4 Å². The molecule has 0 aromatic heterocycles. The van der Waals surface area contributed by atoms with E-state index in [2.05, 4.69) is 10.6 Å². The minimum absolute atomic E-state index is 0.105. The van der Waals surface area contributed by atoms with Gasteiger partial charge in [0.05, 0.1) is 16.8 Å². The van der Waals surface area contributed by atoms with Crippen molar-refractivity contribution in [1.82, 2.24) is 5.32 Å². The molecular weight excluding hydrogens is 397 g/mol. The Kier molecular flexibility index (Phi) is 6.77. The van der Waals surface area contributed by atoms with Crippen molar-refractivity contribution in [2.75, 3.05) is 11.9 Å². The van der Waals surface area contributed by atoms with Gasteiger partial charge in [-0.25, -0.2) is 4.39 Å². The fourth-order valence-corrected chi connectivity index (χ4v) is 3.14. The molecule has 0 spiro atoms. The number of para-hydroxylation sites is 1. The van der Waals surface area contributed by atoms with E-state index in [0.29, 0.717) is 29.8 Å². The van der Waals surface area contributed by atoms with Crippen molar-refractivity contribution in [2.45, 2.75) is 13.3 Å². The standard InChI is InChI=1S/C24H22FN3O3/c1-15-6-4-10-19(21(15)28-24(31)18-9-2-3-11-20(18)25)23(30)27-13-12-16-7-5-8-17(14-16)22(26)29/h2-11,14H,12-13H2,1H3,(H2,26,29)(H,27,30)(H,28,31). The van der Waals surface area contributed by atoms with E-state index in [4.69, 9.17) is 5.73 Å². The Labute approximate surface area is 179 Å². The minimum Gasteiger partial charge on any atom is -0.366 e. The van der Waals surface area contributed by atoms with Crippen LogP contribution in [0.2, 0.25) is 0 Å². The van der Waals surface area contributed by atoms with Gasteiger partial charge in [0.1, 0.15) is 5.82 Å². The van der Waals surface area contributed by atoms with Crippen LogP contribution in [-0.4, -0.2) is 24.3 Å². The van der Waals surface area contributed by atoms with Gasteiger partial charge in [0.15, 0.2) is 0 Å². The van der Waals surface area contributed by atoms with E-state index in [0.717, 1.165) is 5.56 Å². The van der Waals surface area contributed by atoms with Crippen LogP contribution in [0.4, 0.5) is 10.1 Å². The first-order chi connectivity index (χ1) is 14.9. The van der Waals surface area contributed by atoms with Crippen LogP contribution >= 0.6 is 0 Å². The van der Waals surface area contributed by atoms with Gasteiger partial charge in [-0.05, 0) is 54.8 Å².